The van der Waals surface area contributed by atoms with Gasteiger partial charge in [-0.3, -0.25) is 14.5 Å². The Morgan fingerprint density at radius 3 is 2.52 bits per heavy atom. The van der Waals surface area contributed by atoms with Crippen molar-refractivity contribution in [3.05, 3.63) is 20.8 Å². The van der Waals surface area contributed by atoms with Gasteiger partial charge >= 0.3 is 0 Å². The number of thiophene rings is 1. The molecule has 1 aromatic rings. The molecule has 1 aliphatic rings. The highest BCUT2D eigenvalue weighted by Gasteiger charge is 2.27. The Morgan fingerprint density at radius 1 is 1.30 bits per heavy atom. The Balaban J connectivity index is 1.89. The minimum Gasteiger partial charge on any atom is -0.379 e. The van der Waals surface area contributed by atoms with E-state index in [2.05, 4.69) is 40.0 Å². The van der Waals surface area contributed by atoms with E-state index in [-0.39, 0.29) is 18.4 Å². The second kappa shape index (κ2) is 11.1. The Kier molecular flexibility index (Phi) is 9.21. The standard InChI is InChI=1S/C19H30BrN3O3S/c1-4-14(5-2)15(23-8-10-26-11-9-23)12-21-18(24)13-22(3)19(25)16-6-7-17(20)27-16/h6-7,14-15H,4-5,8-13H2,1-3H3,(H,21,24). The number of ether oxygens (including phenoxy) is 1. The molecule has 0 aliphatic carbocycles. The van der Waals surface area contributed by atoms with Gasteiger partial charge in [0.1, 0.15) is 0 Å². The van der Waals surface area contributed by atoms with E-state index in [4.69, 9.17) is 4.74 Å². The first kappa shape index (κ1) is 22.3. The Morgan fingerprint density at radius 2 is 1.96 bits per heavy atom. The zero-order valence-electron chi connectivity index (χ0n) is 16.4. The molecular formula is C19H30BrN3O3S. The van der Waals surface area contributed by atoms with Gasteiger partial charge in [0.15, 0.2) is 0 Å². The van der Waals surface area contributed by atoms with Gasteiger partial charge in [0, 0.05) is 32.7 Å². The molecule has 1 aliphatic heterocycles. The zero-order valence-corrected chi connectivity index (χ0v) is 18.8. The van der Waals surface area contributed by atoms with Crippen molar-refractivity contribution in [2.45, 2.75) is 32.7 Å². The molecule has 152 valence electrons. The Bertz CT molecular complexity index is 615. The van der Waals surface area contributed by atoms with Crippen LogP contribution in [0, 0.1) is 5.92 Å². The first-order chi connectivity index (χ1) is 13.0. The van der Waals surface area contributed by atoms with Crippen LogP contribution in [0.15, 0.2) is 15.9 Å². The highest BCUT2D eigenvalue weighted by Crippen LogP contribution is 2.23. The monoisotopic (exact) mass is 459 g/mol. The van der Waals surface area contributed by atoms with Crippen molar-refractivity contribution in [1.29, 1.82) is 0 Å². The molecule has 2 amide bonds. The van der Waals surface area contributed by atoms with Crippen LogP contribution < -0.4 is 5.32 Å². The van der Waals surface area contributed by atoms with E-state index >= 15 is 0 Å². The minimum atomic E-state index is -0.134. The van der Waals surface area contributed by atoms with Gasteiger partial charge < -0.3 is 15.0 Å². The Hall–Kier alpha value is -0.960. The number of amides is 2. The summed E-state index contributed by atoms with van der Waals surface area (Å²) >= 11 is 4.73. The first-order valence-corrected chi connectivity index (χ1v) is 11.2. The van der Waals surface area contributed by atoms with E-state index in [9.17, 15) is 9.59 Å². The van der Waals surface area contributed by atoms with Gasteiger partial charge in [-0.15, -0.1) is 11.3 Å². The van der Waals surface area contributed by atoms with Crippen LogP contribution in [0.25, 0.3) is 0 Å². The number of carbonyl (C=O) groups excluding carboxylic acids is 2. The van der Waals surface area contributed by atoms with Gasteiger partial charge in [0.05, 0.1) is 28.4 Å². The number of nitrogens with zero attached hydrogens (tertiary/aromatic N) is 2. The lowest BCUT2D eigenvalue weighted by atomic mass is 9.92. The van der Waals surface area contributed by atoms with Crippen LogP contribution in [-0.2, 0) is 9.53 Å². The van der Waals surface area contributed by atoms with Crippen LogP contribution in [0.1, 0.15) is 36.4 Å². The summed E-state index contributed by atoms with van der Waals surface area (Å²) in [5, 5.41) is 3.05. The SMILES string of the molecule is CCC(CC)C(CNC(=O)CN(C)C(=O)c1ccc(Br)s1)N1CCOCC1. The number of nitrogens with one attached hydrogen (secondary N) is 1. The van der Waals surface area contributed by atoms with Crippen molar-refractivity contribution >= 4 is 39.1 Å². The molecule has 0 bridgehead atoms. The lowest BCUT2D eigenvalue weighted by Crippen LogP contribution is -2.52. The highest BCUT2D eigenvalue weighted by atomic mass is 79.9. The summed E-state index contributed by atoms with van der Waals surface area (Å²) in [6.07, 6.45) is 2.17. The topological polar surface area (TPSA) is 61.9 Å². The lowest BCUT2D eigenvalue weighted by molar-refractivity contribution is -0.122. The first-order valence-electron chi connectivity index (χ1n) is 9.55. The molecule has 1 fully saturated rings. The van der Waals surface area contributed by atoms with Crippen LogP contribution >= 0.6 is 27.3 Å². The summed E-state index contributed by atoms with van der Waals surface area (Å²) < 4.78 is 6.37. The van der Waals surface area contributed by atoms with Crippen molar-refractivity contribution in [3.63, 3.8) is 0 Å². The van der Waals surface area contributed by atoms with Crippen LogP contribution in [0.5, 0.6) is 0 Å². The van der Waals surface area contributed by atoms with Gasteiger partial charge in [-0.2, -0.15) is 0 Å². The fourth-order valence-electron chi connectivity index (χ4n) is 3.51. The summed E-state index contributed by atoms with van der Waals surface area (Å²) in [7, 11) is 1.66. The van der Waals surface area contributed by atoms with Crippen LogP contribution in [0.2, 0.25) is 0 Å². The molecule has 0 radical (unpaired) electrons. The lowest BCUT2D eigenvalue weighted by Gasteiger charge is -2.38. The summed E-state index contributed by atoms with van der Waals surface area (Å²) in [5.74, 6) is 0.280. The number of hydrogen-bond donors (Lipinski definition) is 1. The maximum Gasteiger partial charge on any atom is 0.264 e. The third kappa shape index (κ3) is 6.55. The van der Waals surface area contributed by atoms with E-state index in [1.165, 1.54) is 16.2 Å². The smallest absolute Gasteiger partial charge is 0.264 e. The van der Waals surface area contributed by atoms with E-state index in [1.807, 2.05) is 6.07 Å². The molecular weight excluding hydrogens is 430 g/mol. The van der Waals surface area contributed by atoms with E-state index in [0.29, 0.717) is 23.4 Å². The highest BCUT2D eigenvalue weighted by molar-refractivity contribution is 9.11. The maximum absolute atomic E-state index is 12.4. The van der Waals surface area contributed by atoms with Crippen molar-refractivity contribution in [2.75, 3.05) is 46.4 Å². The molecule has 1 unspecified atom stereocenters. The second-order valence-electron chi connectivity index (χ2n) is 6.86. The normalized spacial score (nSPS) is 16.3. The molecule has 0 saturated carbocycles. The van der Waals surface area contributed by atoms with Gasteiger partial charge in [-0.25, -0.2) is 0 Å². The number of halogens is 1. The van der Waals surface area contributed by atoms with Crippen LogP contribution in [-0.4, -0.2) is 74.1 Å². The number of rotatable bonds is 9. The van der Waals surface area contributed by atoms with Gasteiger partial charge in [-0.1, -0.05) is 26.7 Å². The molecule has 1 atom stereocenters. The summed E-state index contributed by atoms with van der Waals surface area (Å²) in [6, 6.07) is 3.92. The van der Waals surface area contributed by atoms with Crippen molar-refractivity contribution < 1.29 is 14.3 Å². The minimum absolute atomic E-state index is 0.0626. The predicted molar refractivity (Wildman–Crippen MR) is 112 cm³/mol. The second-order valence-corrected chi connectivity index (χ2v) is 9.32. The van der Waals surface area contributed by atoms with Gasteiger partial charge in [-0.05, 0) is 34.0 Å². The van der Waals surface area contributed by atoms with E-state index < -0.39 is 0 Å². The molecule has 1 saturated heterocycles. The van der Waals surface area contributed by atoms with E-state index in [0.717, 1.165) is 42.9 Å². The molecule has 0 aromatic carbocycles. The number of likely N-dealkylation sites (N-methyl/N-ethyl adjacent to an activating group) is 1. The van der Waals surface area contributed by atoms with Crippen LogP contribution in [0.3, 0.4) is 0 Å². The number of carbonyl (C=O) groups is 2. The quantitative estimate of drug-likeness (QED) is 0.616. The van der Waals surface area contributed by atoms with Gasteiger partial charge in [0.2, 0.25) is 5.91 Å². The van der Waals surface area contributed by atoms with Gasteiger partial charge in [0.25, 0.3) is 5.91 Å². The summed E-state index contributed by atoms with van der Waals surface area (Å²) in [4.78, 5) is 29.3. The molecule has 1 N–H and O–H groups in total. The fourth-order valence-corrected chi connectivity index (χ4v) is 4.90. The summed E-state index contributed by atoms with van der Waals surface area (Å²) in [5.41, 5.74) is 0. The molecule has 1 aromatic heterocycles. The zero-order chi connectivity index (χ0) is 19.8. The number of hydrogen-bond acceptors (Lipinski definition) is 5. The average molecular weight is 460 g/mol. The van der Waals surface area contributed by atoms with Crippen molar-refractivity contribution in [1.82, 2.24) is 15.1 Å². The predicted octanol–water partition coefficient (Wildman–Crippen LogP) is 2.84. The Labute approximate surface area is 174 Å². The molecule has 6 nitrogen and oxygen atoms in total. The molecule has 2 heterocycles. The molecule has 27 heavy (non-hydrogen) atoms. The number of morpholine rings is 1. The third-order valence-corrected chi connectivity index (χ3v) is 6.74. The largest absolute Gasteiger partial charge is 0.379 e. The average Bonchev–Trinajstić information content (AvgIpc) is 3.11. The molecule has 8 heteroatoms. The molecule has 0 spiro atoms. The van der Waals surface area contributed by atoms with Crippen molar-refractivity contribution in [2.24, 2.45) is 5.92 Å². The third-order valence-electron chi connectivity index (χ3n) is 5.13. The van der Waals surface area contributed by atoms with E-state index in [1.54, 1.807) is 13.1 Å². The summed E-state index contributed by atoms with van der Waals surface area (Å²) in [6.45, 7) is 8.39. The maximum atomic E-state index is 12.4. The fraction of sp³-hybridized carbons (Fsp3) is 0.684. The van der Waals surface area contributed by atoms with Crippen molar-refractivity contribution in [3.8, 4) is 0 Å². The van der Waals surface area contributed by atoms with Crippen LogP contribution in [0.4, 0.5) is 0 Å². The molecule has 2 rings (SSSR count).